The number of allylic oxidation sites excluding steroid dienone is 1. The van der Waals surface area contributed by atoms with Crippen molar-refractivity contribution < 1.29 is 9.53 Å². The Labute approximate surface area is 149 Å². The van der Waals surface area contributed by atoms with Gasteiger partial charge < -0.3 is 9.64 Å². The summed E-state index contributed by atoms with van der Waals surface area (Å²) in [6.45, 7) is 4.82. The first-order chi connectivity index (χ1) is 12.3. The van der Waals surface area contributed by atoms with Gasteiger partial charge in [-0.25, -0.2) is 0 Å². The van der Waals surface area contributed by atoms with Crippen LogP contribution in [0.2, 0.25) is 0 Å². The monoisotopic (exact) mass is 335 g/mol. The van der Waals surface area contributed by atoms with E-state index >= 15 is 0 Å². The van der Waals surface area contributed by atoms with E-state index in [1.54, 1.807) is 6.08 Å². The number of hydrogen-bond acceptors (Lipinski definition) is 3. The summed E-state index contributed by atoms with van der Waals surface area (Å²) in [7, 11) is 0. The highest BCUT2D eigenvalue weighted by molar-refractivity contribution is 6.07. The molecule has 0 aliphatic carbocycles. The minimum atomic E-state index is 0.0204. The number of hydrogen-bond donors (Lipinski definition) is 0. The van der Waals surface area contributed by atoms with E-state index < -0.39 is 0 Å². The Balaban J connectivity index is 1.65. The first-order valence-corrected chi connectivity index (χ1v) is 9.06. The quantitative estimate of drug-likeness (QED) is 0.551. The number of anilines is 1. The van der Waals surface area contributed by atoms with Crippen LogP contribution in [-0.2, 0) is 0 Å². The molecule has 0 N–H and O–H groups in total. The Bertz CT molecular complexity index is 728. The third kappa shape index (κ3) is 4.72. The zero-order chi connectivity index (χ0) is 17.5. The highest BCUT2D eigenvalue weighted by atomic mass is 16.5. The van der Waals surface area contributed by atoms with Crippen LogP contribution in [0.5, 0.6) is 5.75 Å². The van der Waals surface area contributed by atoms with E-state index in [0.717, 1.165) is 30.0 Å². The molecule has 0 radical (unpaired) electrons. The molecule has 3 heteroatoms. The lowest BCUT2D eigenvalue weighted by Crippen LogP contribution is -2.29. The molecule has 25 heavy (non-hydrogen) atoms. The molecule has 1 fully saturated rings. The van der Waals surface area contributed by atoms with Gasteiger partial charge >= 0.3 is 0 Å². The van der Waals surface area contributed by atoms with Gasteiger partial charge in [-0.05, 0) is 74.2 Å². The molecule has 2 aromatic rings. The first-order valence-electron chi connectivity index (χ1n) is 9.06. The predicted octanol–water partition coefficient (Wildman–Crippen LogP) is 4.97. The van der Waals surface area contributed by atoms with E-state index in [4.69, 9.17) is 4.74 Å². The largest absolute Gasteiger partial charge is 0.494 e. The molecule has 1 aliphatic heterocycles. The van der Waals surface area contributed by atoms with Gasteiger partial charge in [0.15, 0.2) is 5.78 Å². The van der Waals surface area contributed by atoms with Gasteiger partial charge in [-0.3, -0.25) is 4.79 Å². The number of piperidine rings is 1. The second-order valence-electron chi connectivity index (χ2n) is 6.30. The van der Waals surface area contributed by atoms with E-state index in [2.05, 4.69) is 17.0 Å². The fraction of sp³-hybridized carbons (Fsp3) is 0.318. The zero-order valence-corrected chi connectivity index (χ0v) is 14.8. The predicted molar refractivity (Wildman–Crippen MR) is 103 cm³/mol. The van der Waals surface area contributed by atoms with Gasteiger partial charge in [0.2, 0.25) is 0 Å². The normalized spacial score (nSPS) is 14.7. The summed E-state index contributed by atoms with van der Waals surface area (Å²) in [5.41, 5.74) is 2.90. The van der Waals surface area contributed by atoms with Crippen LogP contribution in [0.4, 0.5) is 5.69 Å². The molecule has 0 bridgehead atoms. The SMILES string of the molecule is CCOc1cccc(/C=C/C(=O)c2ccc(N3CCCCC3)cc2)c1. The summed E-state index contributed by atoms with van der Waals surface area (Å²) in [6, 6.07) is 15.7. The van der Waals surface area contributed by atoms with Crippen molar-refractivity contribution in [2.45, 2.75) is 26.2 Å². The van der Waals surface area contributed by atoms with Gasteiger partial charge in [-0.15, -0.1) is 0 Å². The fourth-order valence-electron chi connectivity index (χ4n) is 3.13. The number of rotatable bonds is 6. The second kappa shape index (κ2) is 8.52. The van der Waals surface area contributed by atoms with Crippen LogP contribution in [0.15, 0.2) is 54.6 Å². The molecule has 2 aromatic carbocycles. The summed E-state index contributed by atoms with van der Waals surface area (Å²) < 4.78 is 5.49. The molecule has 0 amide bonds. The number of benzene rings is 2. The Morgan fingerprint density at radius 2 is 1.84 bits per heavy atom. The highest BCUT2D eigenvalue weighted by Crippen LogP contribution is 2.21. The molecule has 0 atom stereocenters. The molecule has 3 nitrogen and oxygen atoms in total. The average Bonchev–Trinajstić information content (AvgIpc) is 2.67. The van der Waals surface area contributed by atoms with Crippen LogP contribution in [0.25, 0.3) is 6.08 Å². The van der Waals surface area contributed by atoms with Crippen molar-refractivity contribution in [3.05, 3.63) is 65.7 Å². The van der Waals surface area contributed by atoms with Crippen LogP contribution in [-0.4, -0.2) is 25.5 Å². The van der Waals surface area contributed by atoms with Gasteiger partial charge in [0.05, 0.1) is 6.61 Å². The van der Waals surface area contributed by atoms with Crippen molar-refractivity contribution >= 4 is 17.5 Å². The van der Waals surface area contributed by atoms with Crippen molar-refractivity contribution in [3.63, 3.8) is 0 Å². The van der Waals surface area contributed by atoms with Crippen LogP contribution in [0.1, 0.15) is 42.1 Å². The number of ketones is 1. The van der Waals surface area contributed by atoms with Gasteiger partial charge in [-0.1, -0.05) is 18.2 Å². The molecular formula is C22H25NO2. The molecule has 1 heterocycles. The van der Waals surface area contributed by atoms with Crippen LogP contribution in [0, 0.1) is 0 Å². The van der Waals surface area contributed by atoms with Crippen molar-refractivity contribution in [1.29, 1.82) is 0 Å². The maximum Gasteiger partial charge on any atom is 0.185 e. The molecule has 0 saturated carbocycles. The zero-order valence-electron chi connectivity index (χ0n) is 14.8. The molecule has 1 aliphatic rings. The summed E-state index contributed by atoms with van der Waals surface area (Å²) >= 11 is 0. The van der Waals surface area contributed by atoms with E-state index in [0.29, 0.717) is 6.61 Å². The van der Waals surface area contributed by atoms with Gasteiger partial charge in [0.1, 0.15) is 5.75 Å². The Hall–Kier alpha value is -2.55. The highest BCUT2D eigenvalue weighted by Gasteiger charge is 2.11. The standard InChI is InChI=1S/C22H25NO2/c1-2-25-21-8-6-7-18(17-21)9-14-22(24)19-10-12-20(13-11-19)23-15-4-3-5-16-23/h6-14,17H,2-5,15-16H2,1H3/b14-9+. The van der Waals surface area contributed by atoms with E-state index in [1.807, 2.05) is 49.4 Å². The number of carbonyl (C=O) groups excluding carboxylic acids is 1. The first kappa shape index (κ1) is 17.3. The van der Waals surface area contributed by atoms with Crippen LogP contribution < -0.4 is 9.64 Å². The van der Waals surface area contributed by atoms with Gasteiger partial charge in [0, 0.05) is 24.3 Å². The maximum atomic E-state index is 12.4. The topological polar surface area (TPSA) is 29.5 Å². The minimum Gasteiger partial charge on any atom is -0.494 e. The van der Waals surface area contributed by atoms with Gasteiger partial charge in [-0.2, -0.15) is 0 Å². The number of nitrogens with zero attached hydrogens (tertiary/aromatic N) is 1. The summed E-state index contributed by atoms with van der Waals surface area (Å²) in [5.74, 6) is 0.843. The van der Waals surface area contributed by atoms with E-state index in [1.165, 1.54) is 24.9 Å². The third-order valence-corrected chi connectivity index (χ3v) is 4.47. The Morgan fingerprint density at radius 1 is 1.08 bits per heavy atom. The van der Waals surface area contributed by atoms with E-state index in [-0.39, 0.29) is 5.78 Å². The summed E-state index contributed by atoms with van der Waals surface area (Å²) in [5, 5.41) is 0. The Morgan fingerprint density at radius 3 is 2.56 bits per heavy atom. The summed E-state index contributed by atoms with van der Waals surface area (Å²) in [4.78, 5) is 14.8. The molecule has 130 valence electrons. The lowest BCUT2D eigenvalue weighted by atomic mass is 10.1. The van der Waals surface area contributed by atoms with Crippen LogP contribution >= 0.6 is 0 Å². The minimum absolute atomic E-state index is 0.0204. The second-order valence-corrected chi connectivity index (χ2v) is 6.30. The fourth-order valence-corrected chi connectivity index (χ4v) is 3.13. The van der Waals surface area contributed by atoms with E-state index in [9.17, 15) is 4.79 Å². The molecular weight excluding hydrogens is 310 g/mol. The van der Waals surface area contributed by atoms with Crippen molar-refractivity contribution in [3.8, 4) is 5.75 Å². The number of ether oxygens (including phenoxy) is 1. The molecule has 0 spiro atoms. The van der Waals surface area contributed by atoms with Crippen molar-refractivity contribution in [2.75, 3.05) is 24.6 Å². The molecule has 0 aromatic heterocycles. The molecule has 1 saturated heterocycles. The lowest BCUT2D eigenvalue weighted by molar-refractivity contribution is 0.104. The molecule has 0 unspecified atom stereocenters. The Kier molecular flexibility index (Phi) is 5.89. The smallest absolute Gasteiger partial charge is 0.185 e. The summed E-state index contributed by atoms with van der Waals surface area (Å²) in [6.07, 6.45) is 7.29. The van der Waals surface area contributed by atoms with Crippen molar-refractivity contribution in [1.82, 2.24) is 0 Å². The van der Waals surface area contributed by atoms with Gasteiger partial charge in [0.25, 0.3) is 0 Å². The van der Waals surface area contributed by atoms with Crippen LogP contribution in [0.3, 0.4) is 0 Å². The average molecular weight is 335 g/mol. The third-order valence-electron chi connectivity index (χ3n) is 4.47. The maximum absolute atomic E-state index is 12.4. The lowest BCUT2D eigenvalue weighted by Gasteiger charge is -2.28. The number of carbonyl (C=O) groups is 1. The van der Waals surface area contributed by atoms with Crippen molar-refractivity contribution in [2.24, 2.45) is 0 Å². The molecule has 3 rings (SSSR count).